The van der Waals surface area contributed by atoms with Crippen molar-refractivity contribution in [3.63, 3.8) is 0 Å². The zero-order valence-corrected chi connectivity index (χ0v) is 7.43. The molecule has 62 valence electrons. The van der Waals surface area contributed by atoms with Gasteiger partial charge >= 0.3 is 0 Å². The summed E-state index contributed by atoms with van der Waals surface area (Å²) in [5, 5.41) is 0. The second kappa shape index (κ2) is 3.00. The van der Waals surface area contributed by atoms with Crippen LogP contribution in [0, 0.1) is 12.3 Å². The molecule has 0 unspecified atom stereocenters. The van der Waals surface area contributed by atoms with E-state index in [1.807, 2.05) is 0 Å². The molecule has 0 aliphatic heterocycles. The van der Waals surface area contributed by atoms with Crippen molar-refractivity contribution in [2.45, 2.75) is 4.90 Å². The smallest absolute Gasteiger partial charge is 0.176 e. The molecule has 1 rings (SSSR count). The molecule has 1 aromatic carbocycles. The maximum atomic E-state index is 11.1. The van der Waals surface area contributed by atoms with Gasteiger partial charge in [0.15, 0.2) is 9.84 Å². The van der Waals surface area contributed by atoms with Gasteiger partial charge in [0.1, 0.15) is 0 Å². The molecule has 0 saturated carbocycles. The lowest BCUT2D eigenvalue weighted by Gasteiger charge is -1.99. The van der Waals surface area contributed by atoms with Gasteiger partial charge in [0.2, 0.25) is 0 Å². The van der Waals surface area contributed by atoms with Crippen LogP contribution in [0.25, 0.3) is 0 Å². The van der Waals surface area contributed by atoms with Gasteiger partial charge in [-0.3, -0.25) is 0 Å². The van der Waals surface area contributed by atoms with Crippen LogP contribution in [0.1, 0.15) is 5.56 Å². The predicted octanol–water partition coefficient (Wildman–Crippen LogP) is 1.07. The fourth-order valence-electron chi connectivity index (χ4n) is 0.909. The van der Waals surface area contributed by atoms with Gasteiger partial charge in [-0.1, -0.05) is 18.1 Å². The molecular weight excluding hydrogens is 172 g/mol. The topological polar surface area (TPSA) is 34.1 Å². The minimum atomic E-state index is -3.19. The molecule has 0 N–H and O–H groups in total. The molecule has 0 bridgehead atoms. The van der Waals surface area contributed by atoms with Crippen molar-refractivity contribution in [2.75, 3.05) is 6.26 Å². The lowest BCUT2D eigenvalue weighted by Crippen LogP contribution is -1.99. The van der Waals surface area contributed by atoms with Crippen molar-refractivity contribution in [2.24, 2.45) is 0 Å². The molecule has 0 fully saturated rings. The Morgan fingerprint density at radius 3 is 2.33 bits per heavy atom. The summed E-state index contributed by atoms with van der Waals surface area (Å²) in [5.74, 6) is 2.32. The molecule has 2 nitrogen and oxygen atoms in total. The quantitative estimate of drug-likeness (QED) is 0.606. The maximum Gasteiger partial charge on any atom is 0.176 e. The molecule has 0 amide bonds. The highest BCUT2D eigenvalue weighted by molar-refractivity contribution is 7.90. The highest BCUT2D eigenvalue weighted by Crippen LogP contribution is 2.13. The van der Waals surface area contributed by atoms with Crippen molar-refractivity contribution in [3.8, 4) is 12.3 Å². The monoisotopic (exact) mass is 180 g/mol. The third kappa shape index (κ3) is 1.66. The normalized spacial score (nSPS) is 10.7. The summed E-state index contributed by atoms with van der Waals surface area (Å²) >= 11 is 0. The molecular formula is C9H8O2S. The number of rotatable bonds is 1. The van der Waals surface area contributed by atoms with E-state index in [-0.39, 0.29) is 4.90 Å². The minimum Gasteiger partial charge on any atom is -0.224 e. The average molecular weight is 180 g/mol. The zero-order valence-electron chi connectivity index (χ0n) is 6.61. The summed E-state index contributed by atoms with van der Waals surface area (Å²) in [4.78, 5) is 0.215. The Labute approximate surface area is 72.2 Å². The van der Waals surface area contributed by atoms with Crippen molar-refractivity contribution in [1.82, 2.24) is 0 Å². The van der Waals surface area contributed by atoms with Crippen molar-refractivity contribution in [1.29, 1.82) is 0 Å². The highest BCUT2D eigenvalue weighted by Gasteiger charge is 2.09. The Morgan fingerprint density at radius 2 is 1.92 bits per heavy atom. The van der Waals surface area contributed by atoms with Gasteiger partial charge < -0.3 is 0 Å². The van der Waals surface area contributed by atoms with Gasteiger partial charge in [-0.05, 0) is 12.1 Å². The Hall–Kier alpha value is -1.27. The Kier molecular flexibility index (Phi) is 2.20. The first-order chi connectivity index (χ1) is 5.55. The van der Waals surface area contributed by atoms with E-state index < -0.39 is 9.84 Å². The molecule has 0 saturated heterocycles. The van der Waals surface area contributed by atoms with Crippen molar-refractivity contribution in [3.05, 3.63) is 29.8 Å². The number of benzene rings is 1. The number of sulfone groups is 1. The van der Waals surface area contributed by atoms with E-state index in [0.29, 0.717) is 5.56 Å². The summed E-state index contributed by atoms with van der Waals surface area (Å²) in [6.45, 7) is 0. The predicted molar refractivity (Wildman–Crippen MR) is 47.5 cm³/mol. The summed E-state index contributed by atoms with van der Waals surface area (Å²) in [7, 11) is -3.19. The van der Waals surface area contributed by atoms with Crippen LogP contribution in [0.2, 0.25) is 0 Å². The first-order valence-electron chi connectivity index (χ1n) is 3.31. The largest absolute Gasteiger partial charge is 0.224 e. The van der Waals surface area contributed by atoms with E-state index in [4.69, 9.17) is 6.42 Å². The van der Waals surface area contributed by atoms with Crippen LogP contribution < -0.4 is 0 Å². The second-order valence-corrected chi connectivity index (χ2v) is 4.40. The zero-order chi connectivity index (χ0) is 9.19. The Morgan fingerprint density at radius 1 is 1.33 bits per heavy atom. The SMILES string of the molecule is C#Cc1ccccc1S(C)(=O)=O. The fourth-order valence-corrected chi connectivity index (χ4v) is 1.76. The molecule has 0 radical (unpaired) electrons. The molecule has 0 atom stereocenters. The summed E-state index contributed by atoms with van der Waals surface area (Å²) in [6, 6.07) is 6.47. The van der Waals surface area contributed by atoms with Crippen LogP contribution in [0.4, 0.5) is 0 Å². The molecule has 3 heteroatoms. The van der Waals surface area contributed by atoms with E-state index in [2.05, 4.69) is 5.92 Å². The Bertz CT molecular complexity index is 424. The third-order valence-corrected chi connectivity index (χ3v) is 2.60. The van der Waals surface area contributed by atoms with Crippen molar-refractivity contribution < 1.29 is 8.42 Å². The lowest BCUT2D eigenvalue weighted by atomic mass is 10.2. The van der Waals surface area contributed by atoms with E-state index in [1.165, 1.54) is 6.07 Å². The first-order valence-corrected chi connectivity index (χ1v) is 5.20. The molecule has 12 heavy (non-hydrogen) atoms. The van der Waals surface area contributed by atoms with Crippen LogP contribution >= 0.6 is 0 Å². The number of hydrogen-bond donors (Lipinski definition) is 0. The van der Waals surface area contributed by atoms with Gasteiger partial charge in [-0.15, -0.1) is 6.42 Å². The van der Waals surface area contributed by atoms with Gasteiger partial charge in [0.25, 0.3) is 0 Å². The second-order valence-electron chi connectivity index (χ2n) is 2.41. The van der Waals surface area contributed by atoms with Gasteiger partial charge in [0.05, 0.1) is 4.90 Å². The van der Waals surface area contributed by atoms with Gasteiger partial charge in [0, 0.05) is 11.8 Å². The Balaban J connectivity index is 3.47. The third-order valence-electron chi connectivity index (χ3n) is 1.44. The number of hydrogen-bond acceptors (Lipinski definition) is 2. The lowest BCUT2D eigenvalue weighted by molar-refractivity contribution is 0.601. The van der Waals surface area contributed by atoms with Crippen LogP contribution in [0.3, 0.4) is 0 Å². The van der Waals surface area contributed by atoms with Crippen LogP contribution in [0.5, 0.6) is 0 Å². The summed E-state index contributed by atoms with van der Waals surface area (Å²) < 4.78 is 22.2. The average Bonchev–Trinajstić information content (AvgIpc) is 2.03. The van der Waals surface area contributed by atoms with Gasteiger partial charge in [-0.2, -0.15) is 0 Å². The molecule has 0 heterocycles. The van der Waals surface area contributed by atoms with Crippen LogP contribution in [-0.4, -0.2) is 14.7 Å². The number of terminal acetylenes is 1. The molecule has 0 aliphatic carbocycles. The van der Waals surface area contributed by atoms with Crippen LogP contribution in [0.15, 0.2) is 29.2 Å². The van der Waals surface area contributed by atoms with E-state index in [9.17, 15) is 8.42 Å². The van der Waals surface area contributed by atoms with E-state index in [0.717, 1.165) is 6.26 Å². The van der Waals surface area contributed by atoms with Crippen molar-refractivity contribution >= 4 is 9.84 Å². The van der Waals surface area contributed by atoms with E-state index >= 15 is 0 Å². The molecule has 1 aromatic rings. The first kappa shape index (κ1) is 8.82. The highest BCUT2D eigenvalue weighted by atomic mass is 32.2. The molecule has 0 aromatic heterocycles. The minimum absolute atomic E-state index is 0.215. The molecule has 0 aliphatic rings. The van der Waals surface area contributed by atoms with Gasteiger partial charge in [-0.25, -0.2) is 8.42 Å². The maximum absolute atomic E-state index is 11.1. The summed E-state index contributed by atoms with van der Waals surface area (Å²) in [6.07, 6.45) is 6.27. The van der Waals surface area contributed by atoms with E-state index in [1.54, 1.807) is 18.2 Å². The fraction of sp³-hybridized carbons (Fsp3) is 0.111. The standard InChI is InChI=1S/C9H8O2S/c1-3-8-6-4-5-7-9(8)12(2,10)11/h1,4-7H,2H3. The molecule has 0 spiro atoms. The van der Waals surface area contributed by atoms with Crippen LogP contribution in [-0.2, 0) is 9.84 Å². The summed E-state index contributed by atoms with van der Waals surface area (Å²) in [5.41, 5.74) is 0.417.